The van der Waals surface area contributed by atoms with Crippen LogP contribution < -0.4 is 15.8 Å². The topological polar surface area (TPSA) is 61.4 Å². The Morgan fingerprint density at radius 3 is 2.52 bits per heavy atom. The second kappa shape index (κ2) is 7.36. The van der Waals surface area contributed by atoms with Gasteiger partial charge in [0.05, 0.1) is 5.69 Å². The Labute approximate surface area is 149 Å². The van der Waals surface area contributed by atoms with Gasteiger partial charge in [-0.05, 0) is 48.0 Å². The Bertz CT molecular complexity index is 819. The SMILES string of the molecule is O=C(NCc1ccc(F)cc1)C1=CCC(=O)N(c2ccc(Cl)cc2)N1. The van der Waals surface area contributed by atoms with E-state index in [-0.39, 0.29) is 36.3 Å². The van der Waals surface area contributed by atoms with Crippen molar-refractivity contribution in [1.82, 2.24) is 10.7 Å². The van der Waals surface area contributed by atoms with Gasteiger partial charge in [-0.3, -0.25) is 15.0 Å². The molecule has 0 atom stereocenters. The first-order chi connectivity index (χ1) is 12.0. The van der Waals surface area contributed by atoms with E-state index in [9.17, 15) is 14.0 Å². The molecule has 0 unspecified atom stereocenters. The largest absolute Gasteiger partial charge is 0.347 e. The van der Waals surface area contributed by atoms with E-state index >= 15 is 0 Å². The number of hydrogen-bond acceptors (Lipinski definition) is 3. The summed E-state index contributed by atoms with van der Waals surface area (Å²) in [6, 6.07) is 12.6. The van der Waals surface area contributed by atoms with Crippen molar-refractivity contribution in [3.63, 3.8) is 0 Å². The molecule has 2 aromatic carbocycles. The summed E-state index contributed by atoms with van der Waals surface area (Å²) in [6.45, 7) is 0.257. The highest BCUT2D eigenvalue weighted by Gasteiger charge is 2.23. The average molecular weight is 360 g/mol. The summed E-state index contributed by atoms with van der Waals surface area (Å²) in [5.74, 6) is -0.864. The van der Waals surface area contributed by atoms with E-state index in [1.165, 1.54) is 23.2 Å². The van der Waals surface area contributed by atoms with Crippen LogP contribution in [0.5, 0.6) is 0 Å². The third-order valence-corrected chi connectivity index (χ3v) is 3.91. The summed E-state index contributed by atoms with van der Waals surface area (Å²) in [5, 5.41) is 4.60. The maximum atomic E-state index is 12.9. The molecule has 1 heterocycles. The molecule has 0 radical (unpaired) electrons. The number of nitrogens with one attached hydrogen (secondary N) is 2. The summed E-state index contributed by atoms with van der Waals surface area (Å²) in [7, 11) is 0. The first-order valence-corrected chi connectivity index (χ1v) is 7.99. The lowest BCUT2D eigenvalue weighted by Gasteiger charge is -2.28. The molecule has 1 aliphatic rings. The van der Waals surface area contributed by atoms with Gasteiger partial charge in [-0.25, -0.2) is 9.40 Å². The van der Waals surface area contributed by atoms with Gasteiger partial charge in [-0.15, -0.1) is 0 Å². The zero-order valence-electron chi connectivity index (χ0n) is 13.1. The molecular weight excluding hydrogens is 345 g/mol. The highest BCUT2D eigenvalue weighted by molar-refractivity contribution is 6.30. The van der Waals surface area contributed by atoms with Crippen molar-refractivity contribution < 1.29 is 14.0 Å². The fourth-order valence-corrected chi connectivity index (χ4v) is 2.46. The van der Waals surface area contributed by atoms with Gasteiger partial charge in [0.15, 0.2) is 0 Å². The van der Waals surface area contributed by atoms with Crippen molar-refractivity contribution in [1.29, 1.82) is 0 Å². The van der Waals surface area contributed by atoms with Crippen molar-refractivity contribution in [2.75, 3.05) is 5.01 Å². The smallest absolute Gasteiger partial charge is 0.269 e. The van der Waals surface area contributed by atoms with E-state index in [4.69, 9.17) is 11.6 Å². The third kappa shape index (κ3) is 4.16. The Balaban J connectivity index is 1.65. The molecule has 0 saturated heterocycles. The minimum absolute atomic E-state index is 0.106. The van der Waals surface area contributed by atoms with E-state index < -0.39 is 0 Å². The van der Waals surface area contributed by atoms with Gasteiger partial charge in [-0.2, -0.15) is 0 Å². The molecule has 2 amide bonds. The fourth-order valence-electron chi connectivity index (χ4n) is 2.33. The molecule has 2 N–H and O–H groups in total. The first-order valence-electron chi connectivity index (χ1n) is 7.61. The fraction of sp³-hybridized carbons (Fsp3) is 0.111. The Hall–Kier alpha value is -2.86. The summed E-state index contributed by atoms with van der Waals surface area (Å²) in [4.78, 5) is 24.4. The van der Waals surface area contributed by atoms with E-state index in [1.54, 1.807) is 36.4 Å². The zero-order chi connectivity index (χ0) is 17.8. The van der Waals surface area contributed by atoms with Gasteiger partial charge in [0.25, 0.3) is 5.91 Å². The lowest BCUT2D eigenvalue weighted by molar-refractivity contribution is -0.120. The van der Waals surface area contributed by atoms with Crippen LogP contribution in [0.25, 0.3) is 0 Å². The van der Waals surface area contributed by atoms with Crippen LogP contribution in [-0.4, -0.2) is 11.8 Å². The summed E-state index contributed by atoms with van der Waals surface area (Å²) in [5.41, 5.74) is 4.45. The van der Waals surface area contributed by atoms with Crippen LogP contribution >= 0.6 is 11.6 Å². The molecule has 0 aliphatic carbocycles. The van der Waals surface area contributed by atoms with E-state index in [0.29, 0.717) is 10.7 Å². The molecular formula is C18H15ClFN3O2. The lowest BCUT2D eigenvalue weighted by Crippen LogP contribution is -2.48. The van der Waals surface area contributed by atoms with Gasteiger partial charge in [0.2, 0.25) is 5.91 Å². The minimum atomic E-state index is -0.351. The number of carbonyl (C=O) groups excluding carboxylic acids is 2. The van der Waals surface area contributed by atoms with E-state index in [0.717, 1.165) is 5.56 Å². The molecule has 1 aliphatic heterocycles. The minimum Gasteiger partial charge on any atom is -0.347 e. The third-order valence-electron chi connectivity index (χ3n) is 3.66. The monoisotopic (exact) mass is 359 g/mol. The highest BCUT2D eigenvalue weighted by atomic mass is 35.5. The number of benzene rings is 2. The normalized spacial score (nSPS) is 13.9. The molecule has 7 heteroatoms. The molecule has 0 fully saturated rings. The second-order valence-electron chi connectivity index (χ2n) is 5.45. The zero-order valence-corrected chi connectivity index (χ0v) is 13.9. The van der Waals surface area contributed by atoms with Crippen molar-refractivity contribution in [2.45, 2.75) is 13.0 Å². The predicted molar refractivity (Wildman–Crippen MR) is 93.0 cm³/mol. The number of rotatable bonds is 4. The van der Waals surface area contributed by atoms with Crippen molar-refractivity contribution in [3.8, 4) is 0 Å². The van der Waals surface area contributed by atoms with Gasteiger partial charge in [-0.1, -0.05) is 23.7 Å². The van der Waals surface area contributed by atoms with Gasteiger partial charge in [0.1, 0.15) is 11.5 Å². The molecule has 3 rings (SSSR count). The molecule has 2 aromatic rings. The van der Waals surface area contributed by atoms with Crippen LogP contribution in [0.2, 0.25) is 5.02 Å². The number of hydrazine groups is 1. The Morgan fingerprint density at radius 2 is 1.84 bits per heavy atom. The van der Waals surface area contributed by atoms with E-state index in [2.05, 4.69) is 10.7 Å². The highest BCUT2D eigenvalue weighted by Crippen LogP contribution is 2.20. The van der Waals surface area contributed by atoms with Gasteiger partial charge in [0, 0.05) is 18.0 Å². The second-order valence-corrected chi connectivity index (χ2v) is 5.88. The Morgan fingerprint density at radius 1 is 1.16 bits per heavy atom. The van der Waals surface area contributed by atoms with Crippen LogP contribution in [0.1, 0.15) is 12.0 Å². The molecule has 128 valence electrons. The van der Waals surface area contributed by atoms with Gasteiger partial charge >= 0.3 is 0 Å². The Kier molecular flexibility index (Phi) is 5.00. The number of hydrogen-bond donors (Lipinski definition) is 2. The molecule has 0 spiro atoms. The van der Waals surface area contributed by atoms with Crippen molar-refractivity contribution >= 4 is 29.1 Å². The summed E-state index contributed by atoms with van der Waals surface area (Å²) >= 11 is 5.85. The first kappa shape index (κ1) is 17.0. The van der Waals surface area contributed by atoms with Crippen LogP contribution in [-0.2, 0) is 16.1 Å². The maximum absolute atomic E-state index is 12.9. The quantitative estimate of drug-likeness (QED) is 0.882. The number of nitrogens with zero attached hydrogens (tertiary/aromatic N) is 1. The van der Waals surface area contributed by atoms with Gasteiger partial charge < -0.3 is 5.32 Å². The van der Waals surface area contributed by atoms with Crippen LogP contribution in [0.3, 0.4) is 0 Å². The summed E-state index contributed by atoms with van der Waals surface area (Å²) < 4.78 is 12.9. The molecule has 0 bridgehead atoms. The summed E-state index contributed by atoms with van der Waals surface area (Å²) in [6.07, 6.45) is 1.64. The molecule has 0 saturated carbocycles. The number of halogens is 2. The number of anilines is 1. The lowest BCUT2D eigenvalue weighted by atomic mass is 10.2. The van der Waals surface area contributed by atoms with Crippen molar-refractivity contribution in [2.24, 2.45) is 0 Å². The van der Waals surface area contributed by atoms with Crippen LogP contribution in [0.15, 0.2) is 60.3 Å². The van der Waals surface area contributed by atoms with E-state index in [1.807, 2.05) is 0 Å². The maximum Gasteiger partial charge on any atom is 0.269 e. The molecule has 25 heavy (non-hydrogen) atoms. The molecule has 0 aromatic heterocycles. The number of amides is 2. The number of carbonyl (C=O) groups is 2. The molecule has 5 nitrogen and oxygen atoms in total. The standard InChI is InChI=1S/C18H15ClFN3O2/c19-13-3-7-15(8-4-13)23-17(24)10-9-16(22-23)18(25)21-11-12-1-5-14(20)6-2-12/h1-9,22H,10-11H2,(H,21,25). The average Bonchev–Trinajstić information content (AvgIpc) is 2.62. The van der Waals surface area contributed by atoms with Crippen molar-refractivity contribution in [3.05, 3.63) is 76.7 Å². The van der Waals surface area contributed by atoms with Crippen LogP contribution in [0.4, 0.5) is 10.1 Å². The predicted octanol–water partition coefficient (Wildman–Crippen LogP) is 2.92. The van der Waals surface area contributed by atoms with Crippen LogP contribution in [0, 0.1) is 5.82 Å².